The second-order valence-electron chi connectivity index (χ2n) is 7.82. The van der Waals surface area contributed by atoms with E-state index >= 15 is 0 Å². The summed E-state index contributed by atoms with van der Waals surface area (Å²) in [6.07, 6.45) is 0.870. The van der Waals surface area contributed by atoms with Crippen molar-refractivity contribution in [3.63, 3.8) is 0 Å². The molecule has 0 atom stereocenters. The first-order valence-corrected chi connectivity index (χ1v) is 9.03. The molecule has 2 rings (SSSR count). The van der Waals surface area contributed by atoms with E-state index in [-0.39, 0.29) is 29.1 Å². The zero-order valence-electron chi connectivity index (χ0n) is 17.1. The average Bonchev–Trinajstić information content (AvgIpc) is 2.70. The Hall–Kier alpha value is -2.94. The normalized spacial score (nSPS) is 16.4. The number of benzene rings is 1. The molecule has 7 nitrogen and oxygen atoms in total. The van der Waals surface area contributed by atoms with Crippen LogP contribution in [0.15, 0.2) is 41.4 Å². The van der Waals surface area contributed by atoms with Gasteiger partial charge in [-0.1, -0.05) is 13.8 Å². The van der Waals surface area contributed by atoms with Gasteiger partial charge in [-0.25, -0.2) is 19.4 Å². The molecule has 9 heteroatoms. The number of esters is 1. The van der Waals surface area contributed by atoms with Crippen LogP contribution in [0.1, 0.15) is 38.1 Å². The molecular weight excluding hydrogens is 382 g/mol. The molecule has 158 valence electrons. The van der Waals surface area contributed by atoms with E-state index in [4.69, 9.17) is 16.3 Å². The Morgan fingerprint density at radius 2 is 1.86 bits per heavy atom. The van der Waals surface area contributed by atoms with Gasteiger partial charge < -0.3 is 20.4 Å². The van der Waals surface area contributed by atoms with Crippen LogP contribution in [-0.2, 0) is 9.53 Å². The molecule has 1 amide bonds. The number of carbonyl (C=O) groups is 2. The van der Waals surface area contributed by atoms with Crippen LogP contribution in [0.5, 0.6) is 0 Å². The predicted molar refractivity (Wildman–Crippen MR) is 104 cm³/mol. The lowest BCUT2D eigenvalue weighted by molar-refractivity contribution is -0.142. The van der Waals surface area contributed by atoms with Crippen molar-refractivity contribution in [3.05, 3.63) is 58.6 Å². The lowest BCUT2D eigenvalue weighted by atomic mass is 9.87. The number of rotatable bonds is 4. The molecule has 0 fully saturated rings. The van der Waals surface area contributed by atoms with Gasteiger partial charge in [0.25, 0.3) is 5.91 Å². The van der Waals surface area contributed by atoms with Gasteiger partial charge in [0, 0.05) is 36.5 Å². The van der Waals surface area contributed by atoms with Gasteiger partial charge in [0.05, 0.1) is 11.8 Å². The molecule has 0 saturated heterocycles. The highest BCUT2D eigenvalue weighted by atomic mass is 19.2. The van der Waals surface area contributed by atoms with E-state index in [2.05, 4.69) is 0 Å². The van der Waals surface area contributed by atoms with E-state index in [0.29, 0.717) is 0 Å². The van der Waals surface area contributed by atoms with Crippen molar-refractivity contribution in [1.82, 2.24) is 9.91 Å². The number of amides is 1. The fourth-order valence-electron chi connectivity index (χ4n) is 2.97. The number of nitrogens with zero attached hydrogens (tertiary/aromatic N) is 2. The molecule has 1 aromatic rings. The Bertz CT molecular complexity index is 892. The van der Waals surface area contributed by atoms with Crippen molar-refractivity contribution in [3.8, 4) is 0 Å². The minimum Gasteiger partial charge on any atom is -0.459 e. The Kier molecular flexibility index (Phi) is 6.32. The molecule has 4 N–H and O–H groups in total. The van der Waals surface area contributed by atoms with Crippen LogP contribution < -0.4 is 11.6 Å². The second-order valence-corrected chi connectivity index (χ2v) is 7.82. The van der Waals surface area contributed by atoms with Gasteiger partial charge in [0.1, 0.15) is 5.57 Å². The van der Waals surface area contributed by atoms with Gasteiger partial charge in [-0.2, -0.15) is 0 Å². The van der Waals surface area contributed by atoms with Crippen molar-refractivity contribution in [2.75, 3.05) is 13.6 Å². The minimum atomic E-state index is -1.15. The molecular formula is C20H26F2N4O3. The van der Waals surface area contributed by atoms with E-state index in [1.54, 1.807) is 27.7 Å². The maximum atomic E-state index is 13.6. The molecule has 1 aromatic carbocycles. The quantitative estimate of drug-likeness (QED) is 0.450. The van der Waals surface area contributed by atoms with E-state index in [9.17, 15) is 18.4 Å². The van der Waals surface area contributed by atoms with Gasteiger partial charge in [-0.15, -0.1) is 0 Å². The number of hydrazine groups is 1. The summed E-state index contributed by atoms with van der Waals surface area (Å²) in [5, 5.41) is 1.19. The van der Waals surface area contributed by atoms with Gasteiger partial charge in [0.2, 0.25) is 0 Å². The molecule has 1 aliphatic rings. The van der Waals surface area contributed by atoms with Gasteiger partial charge in [-0.05, 0) is 32.0 Å². The second kappa shape index (κ2) is 8.20. The Balaban J connectivity index is 2.61. The summed E-state index contributed by atoms with van der Waals surface area (Å²) in [6, 6.07) is 2.85. The van der Waals surface area contributed by atoms with E-state index in [0.717, 1.165) is 12.1 Å². The highest BCUT2D eigenvalue weighted by Gasteiger charge is 2.37. The van der Waals surface area contributed by atoms with Crippen LogP contribution in [0.2, 0.25) is 0 Å². The van der Waals surface area contributed by atoms with Gasteiger partial charge in [-0.3, -0.25) is 4.79 Å². The molecule has 0 aliphatic carbocycles. The zero-order valence-corrected chi connectivity index (χ0v) is 17.1. The predicted octanol–water partition coefficient (Wildman–Crippen LogP) is 2.26. The number of likely N-dealkylation sites (N-methyl/N-ethyl adjacent to an activating group) is 1. The fraction of sp³-hybridized carbons (Fsp3) is 0.400. The van der Waals surface area contributed by atoms with Crippen LogP contribution in [-0.4, -0.2) is 41.5 Å². The molecule has 0 saturated carbocycles. The van der Waals surface area contributed by atoms with E-state index in [1.165, 1.54) is 29.2 Å². The summed E-state index contributed by atoms with van der Waals surface area (Å²) in [6.45, 7) is 7.00. The maximum absolute atomic E-state index is 13.6. The molecule has 29 heavy (non-hydrogen) atoms. The molecule has 0 bridgehead atoms. The SMILES string of the molecule is CC(C)OC(=O)C1=CN(C(=O)c2ccc(F)c(F)c2)CC(C)(C)C(N)=C1N(C)N. The smallest absolute Gasteiger partial charge is 0.342 e. The van der Waals surface area contributed by atoms with Gasteiger partial charge >= 0.3 is 5.97 Å². The van der Waals surface area contributed by atoms with E-state index in [1.807, 2.05) is 0 Å². The third kappa shape index (κ3) is 4.73. The number of carbonyl (C=O) groups excluding carboxylic acids is 2. The number of hydrogen-bond acceptors (Lipinski definition) is 6. The third-order valence-corrected chi connectivity index (χ3v) is 4.43. The van der Waals surface area contributed by atoms with Crippen LogP contribution in [0.4, 0.5) is 8.78 Å². The first-order valence-electron chi connectivity index (χ1n) is 9.03. The molecule has 0 spiro atoms. The number of halogens is 2. The topological polar surface area (TPSA) is 102 Å². The van der Waals surface area contributed by atoms with Gasteiger partial charge in [0.15, 0.2) is 11.6 Å². The lowest BCUT2D eigenvalue weighted by Gasteiger charge is -2.31. The molecule has 1 heterocycles. The van der Waals surface area contributed by atoms with Crippen molar-refractivity contribution in [2.24, 2.45) is 17.0 Å². The molecule has 0 unspecified atom stereocenters. The average molecular weight is 408 g/mol. The summed E-state index contributed by atoms with van der Waals surface area (Å²) < 4.78 is 32.2. The Labute approximate surface area is 168 Å². The highest BCUT2D eigenvalue weighted by molar-refractivity contribution is 5.98. The standard InChI is InChI=1S/C20H26F2N4O3/c1-11(2)29-19(28)13-9-26(10-20(3,4)17(23)16(13)25(5)24)18(27)12-6-7-14(21)15(22)8-12/h6-9,11H,10,23-24H2,1-5H3. The molecule has 0 aromatic heterocycles. The zero-order chi connectivity index (χ0) is 22.1. The third-order valence-electron chi connectivity index (χ3n) is 4.43. The maximum Gasteiger partial charge on any atom is 0.342 e. The Morgan fingerprint density at radius 3 is 2.38 bits per heavy atom. The van der Waals surface area contributed by atoms with Crippen LogP contribution in [0.25, 0.3) is 0 Å². The van der Waals surface area contributed by atoms with Crippen molar-refractivity contribution < 1.29 is 23.1 Å². The summed E-state index contributed by atoms with van der Waals surface area (Å²) in [4.78, 5) is 27.0. The summed E-state index contributed by atoms with van der Waals surface area (Å²) in [5.41, 5.74) is 5.96. The van der Waals surface area contributed by atoms with Crippen molar-refractivity contribution in [2.45, 2.75) is 33.8 Å². The molecule has 1 aliphatic heterocycles. The fourth-order valence-corrected chi connectivity index (χ4v) is 2.97. The van der Waals surface area contributed by atoms with Crippen molar-refractivity contribution >= 4 is 11.9 Å². The van der Waals surface area contributed by atoms with Crippen LogP contribution in [0, 0.1) is 17.0 Å². The van der Waals surface area contributed by atoms with Crippen molar-refractivity contribution in [1.29, 1.82) is 0 Å². The molecule has 0 radical (unpaired) electrons. The number of ether oxygens (including phenoxy) is 1. The largest absolute Gasteiger partial charge is 0.459 e. The number of nitrogens with two attached hydrogens (primary N) is 2. The van der Waals surface area contributed by atoms with Crippen LogP contribution in [0.3, 0.4) is 0 Å². The monoisotopic (exact) mass is 408 g/mol. The Morgan fingerprint density at radius 1 is 1.24 bits per heavy atom. The summed E-state index contributed by atoms with van der Waals surface area (Å²) in [7, 11) is 1.52. The number of hydrogen-bond donors (Lipinski definition) is 2. The first kappa shape index (κ1) is 22.4. The highest BCUT2D eigenvalue weighted by Crippen LogP contribution is 2.34. The summed E-state index contributed by atoms with van der Waals surface area (Å²) in [5.74, 6) is 2.38. The van der Waals surface area contributed by atoms with Crippen LogP contribution >= 0.6 is 0 Å². The minimum absolute atomic E-state index is 0.0114. The first-order chi connectivity index (χ1) is 13.3. The summed E-state index contributed by atoms with van der Waals surface area (Å²) >= 11 is 0. The lowest BCUT2D eigenvalue weighted by Crippen LogP contribution is -2.38. The van der Waals surface area contributed by atoms with E-state index < -0.39 is 35.0 Å².